The summed E-state index contributed by atoms with van der Waals surface area (Å²) in [6, 6.07) is 11.8. The molecule has 6 nitrogen and oxygen atoms in total. The summed E-state index contributed by atoms with van der Waals surface area (Å²) < 4.78 is 26.8. The number of nitrogens with two attached hydrogens (primary N) is 1. The minimum absolute atomic E-state index is 0.0430. The summed E-state index contributed by atoms with van der Waals surface area (Å²) in [5, 5.41) is 2.41. The van der Waals surface area contributed by atoms with E-state index in [9.17, 15) is 18.4 Å². The molecule has 29 heavy (non-hydrogen) atoms. The molecule has 0 saturated carbocycles. The molecule has 1 fully saturated rings. The van der Waals surface area contributed by atoms with Crippen molar-refractivity contribution < 1.29 is 18.4 Å². The molecule has 0 radical (unpaired) electrons. The maximum absolute atomic E-state index is 13.4. The summed E-state index contributed by atoms with van der Waals surface area (Å²) in [6.07, 6.45) is 0.197. The van der Waals surface area contributed by atoms with Crippen LogP contribution >= 0.6 is 0 Å². The predicted octanol–water partition coefficient (Wildman–Crippen LogP) is 2.26. The number of nitrogens with one attached hydrogen (secondary N) is 1. The average Bonchev–Trinajstić information content (AvgIpc) is 2.71. The highest BCUT2D eigenvalue weighted by Crippen LogP contribution is 2.30. The Bertz CT molecular complexity index is 789. The Hall–Kier alpha value is -3.00. The van der Waals surface area contributed by atoms with Crippen molar-refractivity contribution in [3.8, 4) is 0 Å². The molecule has 3 N–H and O–H groups in total. The predicted molar refractivity (Wildman–Crippen MR) is 105 cm³/mol. The molecule has 1 aliphatic heterocycles. The number of halogens is 2. The first kappa shape index (κ1) is 20.7. The Morgan fingerprint density at radius 3 is 1.83 bits per heavy atom. The Labute approximate surface area is 168 Å². The fourth-order valence-electron chi connectivity index (χ4n) is 3.58. The van der Waals surface area contributed by atoms with Gasteiger partial charge >= 0.3 is 6.03 Å². The number of hydrogen-bond donors (Lipinski definition) is 2. The third-order valence-corrected chi connectivity index (χ3v) is 5.04. The van der Waals surface area contributed by atoms with Crippen LogP contribution in [0.3, 0.4) is 0 Å². The Balaban J connectivity index is 1.70. The molecule has 2 aromatic carbocycles. The van der Waals surface area contributed by atoms with E-state index in [4.69, 9.17) is 5.73 Å². The normalized spacial score (nSPS) is 14.8. The summed E-state index contributed by atoms with van der Waals surface area (Å²) >= 11 is 0. The van der Waals surface area contributed by atoms with Gasteiger partial charge in [-0.25, -0.2) is 13.6 Å². The molecule has 1 heterocycles. The molecule has 0 unspecified atom stereocenters. The van der Waals surface area contributed by atoms with Crippen LogP contribution < -0.4 is 11.1 Å². The van der Waals surface area contributed by atoms with Gasteiger partial charge in [0, 0.05) is 39.1 Å². The maximum atomic E-state index is 13.4. The van der Waals surface area contributed by atoms with Crippen molar-refractivity contribution in [2.24, 2.45) is 5.73 Å². The van der Waals surface area contributed by atoms with E-state index in [1.165, 1.54) is 24.3 Å². The van der Waals surface area contributed by atoms with Crippen LogP contribution in [0.1, 0.15) is 23.6 Å². The smallest absolute Gasteiger partial charge is 0.312 e. The van der Waals surface area contributed by atoms with Crippen LogP contribution in [-0.2, 0) is 4.79 Å². The molecular formula is C21H24F2N4O2. The fraction of sp³-hybridized carbons (Fsp3) is 0.333. The first-order valence-corrected chi connectivity index (χ1v) is 9.50. The topological polar surface area (TPSA) is 78.7 Å². The number of hydrogen-bond acceptors (Lipinski definition) is 3. The Kier molecular flexibility index (Phi) is 6.77. The highest BCUT2D eigenvalue weighted by molar-refractivity contribution is 5.77. The van der Waals surface area contributed by atoms with Gasteiger partial charge in [0.2, 0.25) is 5.91 Å². The van der Waals surface area contributed by atoms with Gasteiger partial charge in [-0.3, -0.25) is 9.69 Å². The van der Waals surface area contributed by atoms with Crippen molar-refractivity contribution in [2.45, 2.75) is 12.5 Å². The van der Waals surface area contributed by atoms with Crippen LogP contribution in [-0.4, -0.2) is 54.5 Å². The van der Waals surface area contributed by atoms with E-state index >= 15 is 0 Å². The first-order valence-electron chi connectivity index (χ1n) is 9.50. The molecule has 8 heteroatoms. The minimum atomic E-state index is -0.649. The molecule has 0 aliphatic carbocycles. The highest BCUT2D eigenvalue weighted by atomic mass is 19.1. The van der Waals surface area contributed by atoms with Gasteiger partial charge in [0.05, 0.1) is 6.04 Å². The molecule has 0 bridgehead atoms. The van der Waals surface area contributed by atoms with Crippen LogP contribution in [0.2, 0.25) is 0 Å². The second-order valence-corrected chi connectivity index (χ2v) is 6.96. The van der Waals surface area contributed by atoms with E-state index in [1.54, 1.807) is 29.2 Å². The van der Waals surface area contributed by atoms with Gasteiger partial charge in [-0.05, 0) is 35.4 Å². The van der Waals surface area contributed by atoms with E-state index in [-0.39, 0.29) is 36.5 Å². The molecular weight excluding hydrogens is 378 g/mol. The molecule has 0 aromatic heterocycles. The summed E-state index contributed by atoms with van der Waals surface area (Å²) in [4.78, 5) is 27.0. The lowest BCUT2D eigenvalue weighted by atomic mass is 9.96. The van der Waals surface area contributed by atoms with Crippen molar-refractivity contribution in [1.29, 1.82) is 0 Å². The number of primary amides is 1. The second-order valence-electron chi connectivity index (χ2n) is 6.96. The number of amides is 3. The summed E-state index contributed by atoms with van der Waals surface area (Å²) in [5.74, 6) is -0.670. The van der Waals surface area contributed by atoms with E-state index in [0.717, 1.165) is 11.1 Å². The molecule has 0 spiro atoms. The van der Waals surface area contributed by atoms with E-state index in [0.29, 0.717) is 26.2 Å². The van der Waals surface area contributed by atoms with Crippen LogP contribution in [0.4, 0.5) is 13.6 Å². The van der Waals surface area contributed by atoms with Gasteiger partial charge in [-0.2, -0.15) is 0 Å². The zero-order chi connectivity index (χ0) is 20.8. The lowest BCUT2D eigenvalue weighted by Crippen LogP contribution is -2.50. The zero-order valence-corrected chi connectivity index (χ0v) is 16.0. The standard InChI is InChI=1S/C21H24F2N4O2/c22-17-5-1-15(2-6-17)20(16-3-7-18(23)8-4-16)27-13-11-26(12-14-27)19(28)9-10-25-21(24)29/h1-8,20H,9-14H2,(H3,24,25,29). The third kappa shape index (κ3) is 5.51. The Morgan fingerprint density at radius 1 is 0.897 bits per heavy atom. The highest BCUT2D eigenvalue weighted by Gasteiger charge is 2.28. The molecule has 3 rings (SSSR count). The van der Waals surface area contributed by atoms with Gasteiger partial charge in [0.25, 0.3) is 0 Å². The van der Waals surface area contributed by atoms with E-state index in [2.05, 4.69) is 10.2 Å². The number of urea groups is 1. The lowest BCUT2D eigenvalue weighted by Gasteiger charge is -2.40. The molecule has 1 saturated heterocycles. The summed E-state index contributed by atoms with van der Waals surface area (Å²) in [7, 11) is 0. The third-order valence-electron chi connectivity index (χ3n) is 5.04. The van der Waals surface area contributed by atoms with Crippen molar-refractivity contribution in [3.05, 3.63) is 71.3 Å². The molecule has 2 aromatic rings. The van der Waals surface area contributed by atoms with Crippen molar-refractivity contribution in [3.63, 3.8) is 0 Å². The van der Waals surface area contributed by atoms with Gasteiger partial charge in [0.1, 0.15) is 11.6 Å². The quantitative estimate of drug-likeness (QED) is 0.778. The monoisotopic (exact) mass is 402 g/mol. The van der Waals surface area contributed by atoms with Crippen LogP contribution in [0.25, 0.3) is 0 Å². The van der Waals surface area contributed by atoms with Gasteiger partial charge in [0.15, 0.2) is 0 Å². The number of carbonyl (C=O) groups excluding carboxylic acids is 2. The number of rotatable bonds is 6. The van der Waals surface area contributed by atoms with Gasteiger partial charge in [-0.15, -0.1) is 0 Å². The largest absolute Gasteiger partial charge is 0.352 e. The molecule has 154 valence electrons. The van der Waals surface area contributed by atoms with Crippen molar-refractivity contribution in [2.75, 3.05) is 32.7 Å². The number of carbonyl (C=O) groups is 2. The van der Waals surface area contributed by atoms with Crippen molar-refractivity contribution in [1.82, 2.24) is 15.1 Å². The summed E-state index contributed by atoms with van der Waals surface area (Å²) in [5.41, 5.74) is 6.82. The number of benzene rings is 2. The zero-order valence-electron chi connectivity index (χ0n) is 16.0. The SMILES string of the molecule is NC(=O)NCCC(=O)N1CCN(C(c2ccc(F)cc2)c2ccc(F)cc2)CC1. The van der Waals surface area contributed by atoms with E-state index < -0.39 is 6.03 Å². The van der Waals surface area contributed by atoms with Gasteiger partial charge in [-0.1, -0.05) is 24.3 Å². The first-order chi connectivity index (χ1) is 13.9. The molecule has 0 atom stereocenters. The lowest BCUT2D eigenvalue weighted by molar-refractivity contribution is -0.133. The van der Waals surface area contributed by atoms with Crippen LogP contribution in [0.15, 0.2) is 48.5 Å². The van der Waals surface area contributed by atoms with Crippen LogP contribution in [0.5, 0.6) is 0 Å². The fourth-order valence-corrected chi connectivity index (χ4v) is 3.58. The van der Waals surface area contributed by atoms with Crippen LogP contribution in [0, 0.1) is 11.6 Å². The molecule has 3 amide bonds. The van der Waals surface area contributed by atoms with Gasteiger partial charge < -0.3 is 16.0 Å². The van der Waals surface area contributed by atoms with E-state index in [1.807, 2.05) is 0 Å². The Morgan fingerprint density at radius 2 is 1.38 bits per heavy atom. The van der Waals surface area contributed by atoms with Crippen molar-refractivity contribution >= 4 is 11.9 Å². The molecule has 1 aliphatic rings. The second kappa shape index (κ2) is 9.47. The summed E-state index contributed by atoms with van der Waals surface area (Å²) in [6.45, 7) is 2.52. The average molecular weight is 402 g/mol. The number of piperazine rings is 1. The minimum Gasteiger partial charge on any atom is -0.352 e. The number of nitrogens with zero attached hydrogens (tertiary/aromatic N) is 2. The maximum Gasteiger partial charge on any atom is 0.312 e.